The Hall–Kier alpha value is -14.4. The first-order chi connectivity index (χ1) is 41.5. The van der Waals surface area contributed by atoms with Gasteiger partial charge in [0.25, 0.3) is 0 Å². The zero-order chi connectivity index (χ0) is 69.5. The minimum Gasteiger partial charge on any atom is -0.478 e. The van der Waals surface area contributed by atoms with Crippen molar-refractivity contribution in [3.63, 3.8) is 0 Å². The van der Waals surface area contributed by atoms with Gasteiger partial charge in [0, 0.05) is 0 Å². The van der Waals surface area contributed by atoms with E-state index in [9.17, 15) is 86.3 Å². The maximum atomic E-state index is 10.6. The fourth-order valence-corrected chi connectivity index (χ4v) is 5.99. The second kappa shape index (κ2) is 39.5. The Balaban J connectivity index is -0.000000337. The first kappa shape index (κ1) is 89.3. The van der Waals surface area contributed by atoms with Crippen molar-refractivity contribution in [2.75, 3.05) is 0 Å². The number of aromatic carboxylic acids is 18. The average Bonchev–Trinajstić information content (AvgIpc) is 3.46. The number of rotatable bonds is 18. The third kappa shape index (κ3) is 28.5. The molecule has 0 fully saturated rings. The molecule has 6 aromatic rings. The van der Waals surface area contributed by atoms with Crippen molar-refractivity contribution >= 4 is 107 Å². The van der Waals surface area contributed by atoms with E-state index in [1.165, 1.54) is 0 Å². The third-order valence-electron chi connectivity index (χ3n) is 10.0. The van der Waals surface area contributed by atoms with Gasteiger partial charge in [0.05, 0.1) is 100 Å². The van der Waals surface area contributed by atoms with E-state index in [4.69, 9.17) is 91.9 Å². The summed E-state index contributed by atoms with van der Waals surface area (Å²) < 4.78 is 0. The highest BCUT2D eigenvalue weighted by Gasteiger charge is 2.20. The molecule has 0 atom stereocenters. The summed E-state index contributed by atoms with van der Waals surface area (Å²) in [6.45, 7) is 0. The molecule has 0 aromatic heterocycles. The summed E-state index contributed by atoms with van der Waals surface area (Å²) >= 11 is 0. The van der Waals surface area contributed by atoms with Crippen LogP contribution < -0.4 is 0 Å². The highest BCUT2D eigenvalue weighted by atomic mass is 16.4. The molecule has 95 heavy (non-hydrogen) atoms. The van der Waals surface area contributed by atoms with Crippen molar-refractivity contribution in [3.8, 4) is 0 Å². The molecule has 0 aliphatic carbocycles. The Kier molecular flexibility index (Phi) is 37.1. The van der Waals surface area contributed by atoms with E-state index in [2.05, 4.69) is 0 Å². The summed E-state index contributed by atoms with van der Waals surface area (Å²) in [5, 5.41) is 155. The van der Waals surface area contributed by atoms with E-state index in [0.717, 1.165) is 109 Å². The molecule has 41 heteroatoms. The lowest BCUT2D eigenvalue weighted by Gasteiger charge is -2.00. The third-order valence-corrected chi connectivity index (χ3v) is 10.0. The van der Waals surface area contributed by atoms with Crippen LogP contribution in [0.15, 0.2) is 109 Å². The van der Waals surface area contributed by atoms with E-state index in [1.807, 2.05) is 0 Å². The molecule has 41 nitrogen and oxygen atoms in total. The minimum atomic E-state index is -1.37. The molecule has 508 valence electrons. The molecule has 6 rings (SSSR count). The van der Waals surface area contributed by atoms with Crippen molar-refractivity contribution in [1.29, 1.82) is 0 Å². The molecule has 0 aliphatic rings. The fourth-order valence-electron chi connectivity index (χ4n) is 5.99. The second-order valence-corrected chi connectivity index (χ2v) is 16.3. The first-order valence-electron chi connectivity index (χ1n) is 22.6. The van der Waals surface area contributed by atoms with Crippen molar-refractivity contribution in [1.82, 2.24) is 0 Å². The summed E-state index contributed by atoms with van der Waals surface area (Å²) in [6, 6.07) is 16.2. The van der Waals surface area contributed by atoms with E-state index in [0.29, 0.717) is 0 Å². The van der Waals surface area contributed by atoms with Gasteiger partial charge in [-0.05, 0) is 109 Å². The molecule has 0 bridgehead atoms. The highest BCUT2D eigenvalue weighted by molar-refractivity contribution is 6.04. The molecule has 0 radical (unpaired) electrons. The van der Waals surface area contributed by atoms with Gasteiger partial charge in [-0.25, -0.2) is 86.3 Å². The van der Waals surface area contributed by atoms with E-state index >= 15 is 0 Å². The molecule has 6 aromatic carbocycles. The smallest absolute Gasteiger partial charge is 0.335 e. The van der Waals surface area contributed by atoms with Gasteiger partial charge < -0.3 is 119 Å². The molecular weight excluding hydrogens is 1300 g/mol. The van der Waals surface area contributed by atoms with E-state index < -0.39 is 107 Å². The lowest BCUT2D eigenvalue weighted by atomic mass is 10.1. The topological polar surface area (TPSA) is 829 Å². The lowest BCUT2D eigenvalue weighted by molar-refractivity contribution is 0.0666. The Morgan fingerprint density at radius 3 is 0.168 bits per heavy atom. The Morgan fingerprint density at radius 1 is 0.116 bits per heavy atom. The van der Waals surface area contributed by atoms with Crippen LogP contribution in [0.25, 0.3) is 0 Å². The van der Waals surface area contributed by atoms with Crippen LogP contribution in [0.3, 0.4) is 0 Å². The highest BCUT2D eigenvalue weighted by Crippen LogP contribution is 2.16. The predicted molar refractivity (Wildman–Crippen MR) is 302 cm³/mol. The van der Waals surface area contributed by atoms with Crippen LogP contribution in [0.1, 0.15) is 186 Å². The van der Waals surface area contributed by atoms with Crippen LogP contribution in [0.5, 0.6) is 0 Å². The van der Waals surface area contributed by atoms with E-state index in [1.54, 1.807) is 0 Å². The van der Waals surface area contributed by atoms with Crippen LogP contribution in [0, 0.1) is 0 Å². The largest absolute Gasteiger partial charge is 0.478 e. The fraction of sp³-hybridized carbons (Fsp3) is 0. The van der Waals surface area contributed by atoms with Crippen molar-refractivity contribution in [2.24, 2.45) is 0 Å². The summed E-state index contributed by atoms with van der Waals surface area (Å²) in [5.74, 6) is -24.7. The number of carboxylic acids is 18. The molecule has 0 aliphatic heterocycles. The SMILES string of the molecule is O.O.O.O.O.O=C(O)c1cc(C(=O)O)cc(C(=O)O)c1.O=C(O)c1cc(C(=O)O)cc(C(=O)O)c1.O=C(O)c1cc(C(=O)O)cc(C(=O)O)c1.O=C(O)c1cc(C(=O)O)cc(C(=O)O)c1.O=C(O)c1cc(C(=O)O)cc(C(=O)O)c1.O=C(O)c1cc(C(=O)O)cc(C(=O)O)c1. The van der Waals surface area contributed by atoms with Gasteiger partial charge in [0.1, 0.15) is 0 Å². The first-order valence-corrected chi connectivity index (χ1v) is 22.6. The molecule has 28 N–H and O–H groups in total. The molecule has 0 amide bonds. The number of hydrogen-bond acceptors (Lipinski definition) is 18. The van der Waals surface area contributed by atoms with Gasteiger partial charge in [-0.15, -0.1) is 0 Å². The normalized spacial score (nSPS) is 9.09. The number of carboxylic acid groups (broad SMARTS) is 18. The Bertz CT molecular complexity index is 2880. The maximum Gasteiger partial charge on any atom is 0.335 e. The van der Waals surface area contributed by atoms with Crippen LogP contribution in [-0.2, 0) is 0 Å². The van der Waals surface area contributed by atoms with Gasteiger partial charge in [0.2, 0.25) is 0 Å². The van der Waals surface area contributed by atoms with E-state index in [-0.39, 0.29) is 128 Å². The van der Waals surface area contributed by atoms with Gasteiger partial charge in [0.15, 0.2) is 0 Å². The van der Waals surface area contributed by atoms with Crippen LogP contribution in [-0.4, -0.2) is 227 Å². The molecule has 0 saturated heterocycles. The van der Waals surface area contributed by atoms with Crippen LogP contribution in [0.4, 0.5) is 0 Å². The zero-order valence-corrected chi connectivity index (χ0v) is 46.3. The summed E-state index contributed by atoms with van der Waals surface area (Å²) in [4.78, 5) is 190. The quantitative estimate of drug-likeness (QED) is 0.0559. The zero-order valence-electron chi connectivity index (χ0n) is 46.3. The maximum absolute atomic E-state index is 10.6. The van der Waals surface area contributed by atoms with Gasteiger partial charge in [-0.1, -0.05) is 0 Å². The van der Waals surface area contributed by atoms with Crippen LogP contribution >= 0.6 is 0 Å². The average molecular weight is 1350 g/mol. The second-order valence-electron chi connectivity index (χ2n) is 16.3. The van der Waals surface area contributed by atoms with Gasteiger partial charge in [-0.2, -0.15) is 0 Å². The predicted octanol–water partition coefficient (Wildman–Crippen LogP) is 0.564. The molecule has 0 unspecified atom stereocenters. The Morgan fingerprint density at radius 2 is 0.147 bits per heavy atom. The molecule has 0 saturated carbocycles. The monoisotopic (exact) mass is 1350 g/mol. The summed E-state index contributed by atoms with van der Waals surface area (Å²) in [6.07, 6.45) is 0. The number of benzene rings is 6. The van der Waals surface area contributed by atoms with Crippen molar-refractivity contribution < 1.29 is 206 Å². The number of carbonyl (C=O) groups is 18. The standard InChI is InChI=1S/6C9H6O6.5H2O/c6*10-7(11)4-1-5(8(12)13)3-6(2-4)9(14)15;;;;;/h6*1-3H,(H,10,11)(H,12,13)(H,14,15);5*1H2. The summed E-state index contributed by atoms with van der Waals surface area (Å²) in [7, 11) is 0. The molecule has 0 spiro atoms. The van der Waals surface area contributed by atoms with Crippen LogP contribution in [0.2, 0.25) is 0 Å². The summed E-state index contributed by atoms with van der Waals surface area (Å²) in [5.41, 5.74) is -6.63. The molecular formula is C54H46O41. The van der Waals surface area contributed by atoms with Gasteiger partial charge >= 0.3 is 107 Å². The Labute approximate surface area is 521 Å². The molecule has 0 heterocycles. The van der Waals surface area contributed by atoms with Crippen molar-refractivity contribution in [2.45, 2.75) is 0 Å². The van der Waals surface area contributed by atoms with Gasteiger partial charge in [-0.3, -0.25) is 0 Å². The lowest BCUT2D eigenvalue weighted by Crippen LogP contribution is -2.07. The minimum absolute atomic E-state index is 0. The van der Waals surface area contributed by atoms with Crippen molar-refractivity contribution in [3.05, 3.63) is 209 Å². The number of hydrogen-bond donors (Lipinski definition) is 18.